The van der Waals surface area contributed by atoms with E-state index in [9.17, 15) is 8.78 Å². The molecule has 1 unspecified atom stereocenters. The number of benzene rings is 2. The van der Waals surface area contributed by atoms with Crippen LogP contribution in [0.4, 0.5) is 31.7 Å². The van der Waals surface area contributed by atoms with Crippen LogP contribution in [0.1, 0.15) is 33.6 Å². The Morgan fingerprint density at radius 3 is 2.50 bits per heavy atom. The molecule has 1 atom stereocenters. The van der Waals surface area contributed by atoms with Crippen LogP contribution in [0.2, 0.25) is 5.02 Å². The Kier molecular flexibility index (Phi) is 11.9. The highest BCUT2D eigenvalue weighted by molar-refractivity contribution is 8.00. The largest absolute Gasteiger partial charge is 0.367 e. The lowest BCUT2D eigenvalue weighted by Gasteiger charge is -2.27. The summed E-state index contributed by atoms with van der Waals surface area (Å²) >= 11 is 8.97. The van der Waals surface area contributed by atoms with Gasteiger partial charge in [0.2, 0.25) is 0 Å². The molecule has 1 aliphatic rings. The zero-order valence-corrected chi connectivity index (χ0v) is 22.5. The lowest BCUT2D eigenvalue weighted by molar-refractivity contribution is 0.603. The highest BCUT2D eigenvalue weighted by Crippen LogP contribution is 2.38. The van der Waals surface area contributed by atoms with Crippen molar-refractivity contribution < 1.29 is 8.78 Å². The third kappa shape index (κ3) is 7.73. The number of nitrogens with one attached hydrogen (secondary N) is 3. The lowest BCUT2D eigenvalue weighted by atomic mass is 10.2. The molecule has 0 aliphatic carbocycles. The molecular weight excluding hydrogens is 496 g/mol. The number of rotatable bonds is 6. The fraction of sp³-hybridized carbons (Fsp3) is 0.375. The molecule has 2 aromatic carbocycles. The molecule has 1 aliphatic heterocycles. The number of hydrogen-bond donors (Lipinski definition) is 3. The van der Waals surface area contributed by atoms with Crippen LogP contribution in [-0.2, 0) is 0 Å². The van der Waals surface area contributed by atoms with Gasteiger partial charge in [0.15, 0.2) is 0 Å². The van der Waals surface area contributed by atoms with Crippen molar-refractivity contribution in [1.82, 2.24) is 10.3 Å². The third-order valence-electron chi connectivity index (χ3n) is 4.81. The Bertz CT molecular complexity index is 1020. The topological polar surface area (TPSA) is 52.2 Å². The van der Waals surface area contributed by atoms with Gasteiger partial charge in [-0.1, -0.05) is 25.4 Å². The lowest BCUT2D eigenvalue weighted by Crippen LogP contribution is -2.27. The van der Waals surface area contributed by atoms with Crippen molar-refractivity contribution in [1.29, 1.82) is 0 Å². The van der Waals surface area contributed by atoms with Crippen LogP contribution in [0.25, 0.3) is 0 Å². The summed E-state index contributed by atoms with van der Waals surface area (Å²) in [6, 6.07) is 7.80. The predicted molar refractivity (Wildman–Crippen MR) is 145 cm³/mol. The number of nitrogens with zero attached hydrogens (tertiary/aromatic N) is 2. The van der Waals surface area contributed by atoms with Gasteiger partial charge < -0.3 is 20.3 Å². The second kappa shape index (κ2) is 14.4. The van der Waals surface area contributed by atoms with Crippen molar-refractivity contribution in [3.63, 3.8) is 0 Å². The van der Waals surface area contributed by atoms with Crippen LogP contribution in [0.3, 0.4) is 0 Å². The van der Waals surface area contributed by atoms with Crippen LogP contribution in [-0.4, -0.2) is 31.7 Å². The van der Waals surface area contributed by atoms with E-state index in [2.05, 4.69) is 32.2 Å². The van der Waals surface area contributed by atoms with Gasteiger partial charge in [-0.15, -0.1) is 11.3 Å². The molecule has 0 bridgehead atoms. The van der Waals surface area contributed by atoms with Gasteiger partial charge in [0.1, 0.15) is 17.5 Å². The Morgan fingerprint density at radius 2 is 1.88 bits per heavy atom. The van der Waals surface area contributed by atoms with Crippen LogP contribution >= 0.6 is 34.9 Å². The van der Waals surface area contributed by atoms with Crippen LogP contribution in [0.15, 0.2) is 46.1 Å². The standard InChI is InChI=1S/C20H19ClF2N4S2.C2H7N.C2H6/c1-12-3-2-6-27(12)18-7-13(22)4-5-16(18)25-17-9-15(23)19(8-14(17)21)29-26-20-10-28-11-24-20;1-3-2;1-2/h4-5,7-12,25-26H,2-3,6H2,1H3;3H,1-2H3;1-2H3. The smallest absolute Gasteiger partial charge is 0.147 e. The minimum absolute atomic E-state index is 0.304. The van der Waals surface area contributed by atoms with Gasteiger partial charge in [0.05, 0.1) is 32.5 Å². The molecule has 186 valence electrons. The first-order valence-electron chi connectivity index (χ1n) is 11.1. The maximum Gasteiger partial charge on any atom is 0.147 e. The second-order valence-electron chi connectivity index (χ2n) is 7.31. The van der Waals surface area contributed by atoms with Gasteiger partial charge in [0, 0.05) is 24.0 Å². The molecular formula is C24H32ClF2N5S2. The summed E-state index contributed by atoms with van der Waals surface area (Å²) in [6.07, 6.45) is 2.12. The molecule has 0 spiro atoms. The van der Waals surface area contributed by atoms with E-state index >= 15 is 0 Å². The summed E-state index contributed by atoms with van der Waals surface area (Å²) < 4.78 is 31.5. The fourth-order valence-electron chi connectivity index (χ4n) is 3.36. The average Bonchev–Trinajstić information content (AvgIpc) is 3.50. The van der Waals surface area contributed by atoms with Crippen LogP contribution in [0, 0.1) is 11.6 Å². The number of anilines is 4. The van der Waals surface area contributed by atoms with Crippen molar-refractivity contribution in [2.75, 3.05) is 35.6 Å². The summed E-state index contributed by atoms with van der Waals surface area (Å²) in [5.41, 5.74) is 3.58. The molecule has 34 heavy (non-hydrogen) atoms. The fourth-order valence-corrected chi connectivity index (χ4v) is 4.85. The number of hydrogen-bond acceptors (Lipinski definition) is 7. The molecule has 3 N–H and O–H groups in total. The van der Waals surface area contributed by atoms with Gasteiger partial charge in [-0.25, -0.2) is 13.8 Å². The number of aromatic nitrogens is 1. The Balaban J connectivity index is 0.000000758. The molecule has 10 heteroatoms. The van der Waals surface area contributed by atoms with Gasteiger partial charge >= 0.3 is 0 Å². The monoisotopic (exact) mass is 527 g/mol. The Hall–Kier alpha value is -2.07. The van der Waals surface area contributed by atoms with Crippen molar-refractivity contribution in [3.8, 4) is 0 Å². The molecule has 0 radical (unpaired) electrons. The van der Waals surface area contributed by atoms with E-state index in [1.54, 1.807) is 17.6 Å². The second-order valence-corrected chi connectivity index (χ2v) is 9.29. The van der Waals surface area contributed by atoms with E-state index in [0.29, 0.717) is 33.2 Å². The zero-order chi connectivity index (χ0) is 25.1. The zero-order valence-electron chi connectivity index (χ0n) is 20.1. The van der Waals surface area contributed by atoms with Crippen molar-refractivity contribution in [2.45, 2.75) is 44.6 Å². The molecule has 1 fully saturated rings. The van der Waals surface area contributed by atoms with Crippen molar-refractivity contribution >= 4 is 57.8 Å². The van der Waals surface area contributed by atoms with Gasteiger partial charge in [-0.2, -0.15) is 0 Å². The molecule has 1 saturated heterocycles. The van der Waals surface area contributed by atoms with Gasteiger partial charge in [-0.05, 0) is 70.1 Å². The SMILES string of the molecule is CC.CC1CCCN1c1cc(F)ccc1Nc1cc(F)c(SNc2cscn2)cc1Cl.CNC. The van der Waals surface area contributed by atoms with Gasteiger partial charge in [0.25, 0.3) is 0 Å². The third-order valence-corrected chi connectivity index (χ3v) is 6.55. The van der Waals surface area contributed by atoms with E-state index in [-0.39, 0.29) is 5.82 Å². The maximum absolute atomic E-state index is 14.6. The number of halogens is 3. The van der Waals surface area contributed by atoms with Crippen molar-refractivity contribution in [3.05, 3.63) is 57.9 Å². The highest BCUT2D eigenvalue weighted by atomic mass is 35.5. The summed E-state index contributed by atoms with van der Waals surface area (Å²) in [7, 11) is 3.75. The predicted octanol–water partition coefficient (Wildman–Crippen LogP) is 7.79. The molecule has 3 aromatic rings. The van der Waals surface area contributed by atoms with Gasteiger partial charge in [-0.3, -0.25) is 0 Å². The quantitative estimate of drug-likeness (QED) is 0.284. The Labute approximate surface area is 214 Å². The highest BCUT2D eigenvalue weighted by Gasteiger charge is 2.23. The summed E-state index contributed by atoms with van der Waals surface area (Å²) in [5.74, 6) is -0.0574. The van der Waals surface area contributed by atoms with E-state index in [4.69, 9.17) is 11.6 Å². The molecule has 0 saturated carbocycles. The minimum Gasteiger partial charge on any atom is -0.367 e. The van der Waals surface area contributed by atoms with Crippen molar-refractivity contribution in [2.24, 2.45) is 0 Å². The van der Waals surface area contributed by atoms with E-state index < -0.39 is 5.82 Å². The molecule has 5 nitrogen and oxygen atoms in total. The van der Waals surface area contributed by atoms with E-state index in [0.717, 1.165) is 37.0 Å². The minimum atomic E-state index is -0.414. The molecule has 4 rings (SSSR count). The average molecular weight is 528 g/mol. The first-order chi connectivity index (χ1) is 16.4. The maximum atomic E-state index is 14.6. The summed E-state index contributed by atoms with van der Waals surface area (Å²) in [5, 5.41) is 8.14. The first-order valence-corrected chi connectivity index (χ1v) is 13.3. The summed E-state index contributed by atoms with van der Waals surface area (Å²) in [6.45, 7) is 6.98. The molecule has 2 heterocycles. The van der Waals surface area contributed by atoms with E-state index in [1.165, 1.54) is 29.5 Å². The summed E-state index contributed by atoms with van der Waals surface area (Å²) in [4.78, 5) is 6.63. The Morgan fingerprint density at radius 1 is 1.15 bits per heavy atom. The van der Waals surface area contributed by atoms with Crippen LogP contribution in [0.5, 0.6) is 0 Å². The first kappa shape index (κ1) is 28.2. The van der Waals surface area contributed by atoms with E-state index in [1.807, 2.05) is 33.3 Å². The number of thiazole rings is 1. The normalized spacial score (nSPS) is 14.6. The molecule has 1 aromatic heterocycles. The van der Waals surface area contributed by atoms with Crippen LogP contribution < -0.4 is 20.3 Å². The molecule has 0 amide bonds.